The molecule has 5 heteroatoms. The van der Waals surface area contributed by atoms with E-state index in [2.05, 4.69) is 4.43 Å². The highest BCUT2D eigenvalue weighted by Crippen LogP contribution is 2.00. The van der Waals surface area contributed by atoms with Crippen LogP contribution in [0.5, 0.6) is 0 Å². The molecule has 0 fully saturated rings. The van der Waals surface area contributed by atoms with Crippen molar-refractivity contribution in [2.24, 2.45) is 0 Å². The summed E-state index contributed by atoms with van der Waals surface area (Å²) in [5, 5.41) is 0. The quantitative estimate of drug-likeness (QED) is 0.464. The molecule has 3 N–H and O–H groups in total. The molecule has 0 aromatic heterocycles. The monoisotopic (exact) mass is 152 g/mol. The lowest BCUT2D eigenvalue weighted by Gasteiger charge is -2.14. The van der Waals surface area contributed by atoms with E-state index in [0.717, 1.165) is 0 Å². The molecule has 0 saturated carbocycles. The Labute approximate surface area is 55.2 Å². The summed E-state index contributed by atoms with van der Waals surface area (Å²) in [5.74, 6) is 0. The summed E-state index contributed by atoms with van der Waals surface area (Å²) in [7, 11) is -4.24. The summed E-state index contributed by atoms with van der Waals surface area (Å²) < 4.78 is 4.39. The maximum Gasteiger partial charge on any atom is 0.671 e. The standard InChI is InChI=1S/C4H12O4Si/c1-3-4(2)8-9(5,6)7/h4-7H,3H2,1-2H3. The van der Waals surface area contributed by atoms with Crippen LogP contribution < -0.4 is 0 Å². The highest BCUT2D eigenvalue weighted by Gasteiger charge is 2.32. The van der Waals surface area contributed by atoms with Crippen LogP contribution in [0.1, 0.15) is 20.3 Å². The van der Waals surface area contributed by atoms with Gasteiger partial charge in [-0.15, -0.1) is 0 Å². The van der Waals surface area contributed by atoms with Crippen LogP contribution in [-0.4, -0.2) is 29.5 Å². The summed E-state index contributed by atoms with van der Waals surface area (Å²) in [5.41, 5.74) is 0. The third-order valence-electron chi connectivity index (χ3n) is 0.934. The Hall–Kier alpha value is 0.0569. The second-order valence-electron chi connectivity index (χ2n) is 1.91. The molecule has 0 aromatic carbocycles. The molecule has 1 atom stereocenters. The summed E-state index contributed by atoms with van der Waals surface area (Å²) in [4.78, 5) is 25.0. The van der Waals surface area contributed by atoms with E-state index in [1.54, 1.807) is 6.92 Å². The molecule has 0 aromatic rings. The molecule has 1 unspecified atom stereocenters. The average Bonchev–Trinajstić information content (AvgIpc) is 1.62. The largest absolute Gasteiger partial charge is 0.671 e. The highest BCUT2D eigenvalue weighted by molar-refractivity contribution is 6.48. The molecular weight excluding hydrogens is 140 g/mol. The van der Waals surface area contributed by atoms with Gasteiger partial charge in [-0.25, -0.2) is 0 Å². The van der Waals surface area contributed by atoms with Crippen LogP contribution in [0, 0.1) is 0 Å². The molecule has 0 amide bonds. The molecule has 4 nitrogen and oxygen atoms in total. The summed E-state index contributed by atoms with van der Waals surface area (Å²) >= 11 is 0. The van der Waals surface area contributed by atoms with E-state index in [0.29, 0.717) is 6.42 Å². The molecule has 9 heavy (non-hydrogen) atoms. The summed E-state index contributed by atoms with van der Waals surface area (Å²) in [6.45, 7) is 3.48. The van der Waals surface area contributed by atoms with Gasteiger partial charge in [0.05, 0.1) is 0 Å². The third-order valence-corrected chi connectivity index (χ3v) is 1.65. The molecule has 0 aliphatic rings. The molecule has 56 valence electrons. The lowest BCUT2D eigenvalue weighted by Crippen LogP contribution is -2.41. The molecule has 0 rings (SSSR count). The average molecular weight is 152 g/mol. The van der Waals surface area contributed by atoms with Gasteiger partial charge < -0.3 is 18.8 Å². The first-order chi connectivity index (χ1) is 3.95. The van der Waals surface area contributed by atoms with Gasteiger partial charge in [-0.05, 0) is 13.3 Å². The van der Waals surface area contributed by atoms with Crippen molar-refractivity contribution in [2.45, 2.75) is 26.4 Å². The van der Waals surface area contributed by atoms with Gasteiger partial charge in [0.25, 0.3) is 0 Å². The maximum absolute atomic E-state index is 8.35. The number of hydrogen-bond donors (Lipinski definition) is 3. The minimum absolute atomic E-state index is 0.295. The predicted molar refractivity (Wildman–Crippen MR) is 33.2 cm³/mol. The highest BCUT2D eigenvalue weighted by atomic mass is 28.4. The summed E-state index contributed by atoms with van der Waals surface area (Å²) in [6.07, 6.45) is 0.354. The van der Waals surface area contributed by atoms with Gasteiger partial charge in [0.1, 0.15) is 0 Å². The number of rotatable bonds is 3. The number of hydrogen-bond acceptors (Lipinski definition) is 4. The van der Waals surface area contributed by atoms with Crippen LogP contribution in [0.25, 0.3) is 0 Å². The third kappa shape index (κ3) is 5.94. The molecule has 0 radical (unpaired) electrons. The molecule has 0 bridgehead atoms. The first kappa shape index (κ1) is 9.06. The fraction of sp³-hybridized carbons (Fsp3) is 1.00. The van der Waals surface area contributed by atoms with Gasteiger partial charge in [-0.2, -0.15) is 0 Å². The first-order valence-corrected chi connectivity index (χ1v) is 4.55. The van der Waals surface area contributed by atoms with Crippen LogP contribution in [0.2, 0.25) is 0 Å². The fourth-order valence-electron chi connectivity index (χ4n) is 0.353. The molecular formula is C4H12O4Si. The van der Waals surface area contributed by atoms with Crippen molar-refractivity contribution in [2.75, 3.05) is 0 Å². The Morgan fingerprint density at radius 3 is 2.00 bits per heavy atom. The van der Waals surface area contributed by atoms with Crippen LogP contribution in [0.4, 0.5) is 0 Å². The van der Waals surface area contributed by atoms with Crippen molar-refractivity contribution >= 4 is 9.05 Å². The van der Waals surface area contributed by atoms with Crippen molar-refractivity contribution in [1.29, 1.82) is 0 Å². The topological polar surface area (TPSA) is 69.9 Å². The van der Waals surface area contributed by atoms with Crippen molar-refractivity contribution in [1.82, 2.24) is 0 Å². The lowest BCUT2D eigenvalue weighted by molar-refractivity contribution is 0.0287. The van der Waals surface area contributed by atoms with E-state index in [4.69, 9.17) is 14.4 Å². The van der Waals surface area contributed by atoms with E-state index in [-0.39, 0.29) is 6.10 Å². The van der Waals surface area contributed by atoms with Crippen molar-refractivity contribution in [3.8, 4) is 0 Å². The lowest BCUT2D eigenvalue weighted by atomic mass is 10.3. The Balaban J connectivity index is 3.47. The molecule has 0 saturated heterocycles. The maximum atomic E-state index is 8.35. The minimum Gasteiger partial charge on any atom is -0.368 e. The van der Waals surface area contributed by atoms with Gasteiger partial charge in [0, 0.05) is 6.10 Å². The fourth-order valence-corrected chi connectivity index (χ4v) is 1.06. The van der Waals surface area contributed by atoms with E-state index in [1.165, 1.54) is 0 Å². The van der Waals surface area contributed by atoms with Gasteiger partial charge in [-0.3, -0.25) is 0 Å². The second kappa shape index (κ2) is 3.28. The van der Waals surface area contributed by atoms with Gasteiger partial charge in [-0.1, -0.05) is 6.92 Å². The van der Waals surface area contributed by atoms with Gasteiger partial charge in [0.15, 0.2) is 0 Å². The zero-order valence-corrected chi connectivity index (χ0v) is 6.53. The Bertz CT molecular complexity index is 79.1. The first-order valence-electron chi connectivity index (χ1n) is 2.80. The van der Waals surface area contributed by atoms with Gasteiger partial charge >= 0.3 is 9.05 Å². The van der Waals surface area contributed by atoms with Crippen LogP contribution >= 0.6 is 0 Å². The molecule has 0 aliphatic heterocycles. The zero-order valence-electron chi connectivity index (χ0n) is 5.53. The Morgan fingerprint density at radius 2 is 1.89 bits per heavy atom. The van der Waals surface area contributed by atoms with Crippen molar-refractivity contribution < 1.29 is 18.8 Å². The molecule has 0 aliphatic carbocycles. The van der Waals surface area contributed by atoms with Crippen molar-refractivity contribution in [3.63, 3.8) is 0 Å². The van der Waals surface area contributed by atoms with Gasteiger partial charge in [0.2, 0.25) is 0 Å². The second-order valence-corrected chi connectivity index (χ2v) is 3.29. The van der Waals surface area contributed by atoms with E-state index < -0.39 is 9.05 Å². The van der Waals surface area contributed by atoms with E-state index in [1.807, 2.05) is 6.92 Å². The smallest absolute Gasteiger partial charge is 0.368 e. The van der Waals surface area contributed by atoms with Crippen LogP contribution in [0.3, 0.4) is 0 Å². The van der Waals surface area contributed by atoms with Crippen LogP contribution in [-0.2, 0) is 4.43 Å². The molecule has 0 heterocycles. The predicted octanol–water partition coefficient (Wildman–Crippen LogP) is -0.786. The van der Waals surface area contributed by atoms with E-state index >= 15 is 0 Å². The molecule has 0 spiro atoms. The zero-order chi connectivity index (χ0) is 7.49. The van der Waals surface area contributed by atoms with Crippen LogP contribution in [0.15, 0.2) is 0 Å². The Morgan fingerprint density at radius 1 is 1.44 bits per heavy atom. The van der Waals surface area contributed by atoms with Crippen molar-refractivity contribution in [3.05, 3.63) is 0 Å². The normalized spacial score (nSPS) is 15.7. The SMILES string of the molecule is CCC(C)O[Si](O)(O)O. The summed E-state index contributed by atoms with van der Waals surface area (Å²) in [6, 6.07) is 0. The van der Waals surface area contributed by atoms with E-state index in [9.17, 15) is 0 Å². The Kier molecular flexibility index (Phi) is 3.30. The minimum atomic E-state index is -4.24.